The van der Waals surface area contributed by atoms with E-state index < -0.39 is 29.7 Å². The van der Waals surface area contributed by atoms with E-state index in [1.165, 1.54) is 36.3 Å². The maximum absolute atomic E-state index is 13.5. The first-order valence-corrected chi connectivity index (χ1v) is 11.4. The van der Waals surface area contributed by atoms with Gasteiger partial charge in [0.25, 0.3) is 11.8 Å². The van der Waals surface area contributed by atoms with E-state index in [9.17, 15) is 19.2 Å². The van der Waals surface area contributed by atoms with E-state index in [1.807, 2.05) is 0 Å². The van der Waals surface area contributed by atoms with Gasteiger partial charge in [-0.05, 0) is 67.1 Å². The molecule has 0 N–H and O–H groups in total. The van der Waals surface area contributed by atoms with Crippen LogP contribution in [0.15, 0.2) is 73.1 Å². The van der Waals surface area contributed by atoms with E-state index >= 15 is 0 Å². The Morgan fingerprint density at radius 1 is 1.03 bits per heavy atom. The topological polar surface area (TPSA) is 106 Å². The standard InChI is InChI=1S/C27H25N3O6/c1-3-36-27(34)20-6-10-21(11-7-20)30-24(31)15-23(26(30)33)29(17-18-5-4-14-28-16-18)25(32)19-8-12-22(35-2)13-9-19/h4-14,16,23H,3,15,17H2,1-2H3. The summed E-state index contributed by atoms with van der Waals surface area (Å²) in [6.07, 6.45) is 3.06. The first-order valence-electron chi connectivity index (χ1n) is 11.4. The number of carbonyl (C=O) groups is 4. The van der Waals surface area contributed by atoms with Gasteiger partial charge in [-0.15, -0.1) is 0 Å². The molecule has 2 aromatic carbocycles. The lowest BCUT2D eigenvalue weighted by Crippen LogP contribution is -2.45. The Morgan fingerprint density at radius 2 is 1.72 bits per heavy atom. The third-order valence-electron chi connectivity index (χ3n) is 5.81. The number of rotatable bonds is 8. The molecule has 3 aromatic rings. The zero-order valence-electron chi connectivity index (χ0n) is 19.9. The highest BCUT2D eigenvalue weighted by Crippen LogP contribution is 2.28. The Hall–Kier alpha value is -4.53. The van der Waals surface area contributed by atoms with Crippen molar-refractivity contribution in [2.24, 2.45) is 0 Å². The lowest BCUT2D eigenvalue weighted by Gasteiger charge is -2.28. The summed E-state index contributed by atoms with van der Waals surface area (Å²) in [7, 11) is 1.53. The van der Waals surface area contributed by atoms with Crippen molar-refractivity contribution in [3.8, 4) is 5.75 Å². The molecule has 0 aliphatic carbocycles. The predicted octanol–water partition coefficient (Wildman–Crippen LogP) is 3.24. The van der Waals surface area contributed by atoms with Gasteiger partial charge in [-0.25, -0.2) is 9.69 Å². The SMILES string of the molecule is CCOC(=O)c1ccc(N2C(=O)CC(N(Cc3cccnc3)C(=O)c3ccc(OC)cc3)C2=O)cc1. The number of pyridine rings is 1. The maximum atomic E-state index is 13.5. The van der Waals surface area contributed by atoms with Crippen molar-refractivity contribution in [2.45, 2.75) is 25.9 Å². The van der Waals surface area contributed by atoms with Crippen molar-refractivity contribution in [2.75, 3.05) is 18.6 Å². The van der Waals surface area contributed by atoms with E-state index in [4.69, 9.17) is 9.47 Å². The quantitative estimate of drug-likeness (QED) is 0.355. The summed E-state index contributed by atoms with van der Waals surface area (Å²) in [4.78, 5) is 58.5. The molecule has 184 valence electrons. The number of benzene rings is 2. The van der Waals surface area contributed by atoms with E-state index in [0.717, 1.165) is 10.5 Å². The van der Waals surface area contributed by atoms with Gasteiger partial charge in [-0.1, -0.05) is 6.07 Å². The highest BCUT2D eigenvalue weighted by atomic mass is 16.5. The van der Waals surface area contributed by atoms with Gasteiger partial charge in [0.05, 0.1) is 31.4 Å². The van der Waals surface area contributed by atoms with Crippen LogP contribution in [0.4, 0.5) is 5.69 Å². The minimum Gasteiger partial charge on any atom is -0.497 e. The van der Waals surface area contributed by atoms with E-state index in [2.05, 4.69) is 4.98 Å². The molecule has 1 unspecified atom stereocenters. The van der Waals surface area contributed by atoms with Gasteiger partial charge >= 0.3 is 5.97 Å². The van der Waals surface area contributed by atoms with Gasteiger partial charge in [0.2, 0.25) is 5.91 Å². The second-order valence-corrected chi connectivity index (χ2v) is 8.08. The van der Waals surface area contributed by atoms with Crippen LogP contribution in [0.5, 0.6) is 5.75 Å². The largest absolute Gasteiger partial charge is 0.497 e. The monoisotopic (exact) mass is 487 g/mol. The lowest BCUT2D eigenvalue weighted by atomic mass is 10.1. The number of carbonyl (C=O) groups excluding carboxylic acids is 4. The van der Waals surface area contributed by atoms with E-state index in [-0.39, 0.29) is 19.6 Å². The van der Waals surface area contributed by atoms with Crippen LogP contribution in [-0.4, -0.2) is 53.3 Å². The van der Waals surface area contributed by atoms with Crippen LogP contribution < -0.4 is 9.64 Å². The fraction of sp³-hybridized carbons (Fsp3) is 0.222. The van der Waals surface area contributed by atoms with Gasteiger partial charge < -0.3 is 14.4 Å². The summed E-state index contributed by atoms with van der Waals surface area (Å²) in [5.74, 6) is -1.25. The molecule has 4 rings (SSSR count). The Labute approximate surface area is 208 Å². The number of nitrogens with zero attached hydrogens (tertiary/aromatic N) is 3. The van der Waals surface area contributed by atoms with Crippen LogP contribution >= 0.6 is 0 Å². The minimum absolute atomic E-state index is 0.0953. The van der Waals surface area contributed by atoms with Gasteiger partial charge in [-0.3, -0.25) is 19.4 Å². The molecule has 0 bridgehead atoms. The highest BCUT2D eigenvalue weighted by molar-refractivity contribution is 6.23. The van der Waals surface area contributed by atoms with Crippen LogP contribution in [0.3, 0.4) is 0 Å². The van der Waals surface area contributed by atoms with Crippen molar-refractivity contribution in [1.82, 2.24) is 9.88 Å². The van der Waals surface area contributed by atoms with Gasteiger partial charge in [-0.2, -0.15) is 0 Å². The third kappa shape index (κ3) is 5.10. The highest BCUT2D eigenvalue weighted by Gasteiger charge is 2.44. The van der Waals surface area contributed by atoms with Crippen molar-refractivity contribution < 1.29 is 28.7 Å². The number of aromatic nitrogens is 1. The predicted molar refractivity (Wildman–Crippen MR) is 130 cm³/mol. The minimum atomic E-state index is -1.00. The summed E-state index contributed by atoms with van der Waals surface area (Å²) >= 11 is 0. The average Bonchev–Trinajstić information content (AvgIpc) is 3.21. The van der Waals surface area contributed by atoms with E-state index in [1.54, 1.807) is 55.7 Å². The molecule has 0 radical (unpaired) electrons. The van der Waals surface area contributed by atoms with Crippen LogP contribution in [0.2, 0.25) is 0 Å². The molecule has 0 spiro atoms. The van der Waals surface area contributed by atoms with Crippen molar-refractivity contribution >= 4 is 29.4 Å². The van der Waals surface area contributed by atoms with E-state index in [0.29, 0.717) is 22.6 Å². The van der Waals surface area contributed by atoms with Crippen LogP contribution in [-0.2, 0) is 20.9 Å². The Balaban J connectivity index is 1.63. The molecular formula is C27H25N3O6. The number of hydrogen-bond donors (Lipinski definition) is 0. The summed E-state index contributed by atoms with van der Waals surface area (Å²) in [5.41, 5.74) is 1.71. The number of anilines is 1. The fourth-order valence-corrected chi connectivity index (χ4v) is 4.00. The first-order chi connectivity index (χ1) is 17.4. The second-order valence-electron chi connectivity index (χ2n) is 8.08. The summed E-state index contributed by atoms with van der Waals surface area (Å²) in [6, 6.07) is 15.1. The number of ether oxygens (including phenoxy) is 2. The third-order valence-corrected chi connectivity index (χ3v) is 5.81. The molecule has 1 aliphatic rings. The summed E-state index contributed by atoms with van der Waals surface area (Å²) in [6.45, 7) is 2.04. The Bertz CT molecular complexity index is 1260. The van der Waals surface area contributed by atoms with Crippen LogP contribution in [0, 0.1) is 0 Å². The Kier molecular flexibility index (Phi) is 7.39. The molecule has 1 aromatic heterocycles. The molecule has 2 heterocycles. The molecule has 0 saturated carbocycles. The van der Waals surface area contributed by atoms with Crippen LogP contribution in [0.25, 0.3) is 0 Å². The molecule has 1 saturated heterocycles. The average molecular weight is 488 g/mol. The molecule has 3 amide bonds. The summed E-state index contributed by atoms with van der Waals surface area (Å²) < 4.78 is 10.1. The zero-order valence-corrected chi connectivity index (χ0v) is 19.9. The van der Waals surface area contributed by atoms with Gasteiger partial charge in [0.1, 0.15) is 11.8 Å². The number of esters is 1. The van der Waals surface area contributed by atoms with Crippen molar-refractivity contribution in [3.63, 3.8) is 0 Å². The Morgan fingerprint density at radius 3 is 2.33 bits per heavy atom. The number of hydrogen-bond acceptors (Lipinski definition) is 7. The fourth-order valence-electron chi connectivity index (χ4n) is 4.00. The smallest absolute Gasteiger partial charge is 0.338 e. The molecule has 1 aliphatic heterocycles. The molecular weight excluding hydrogens is 462 g/mol. The molecule has 9 heteroatoms. The molecule has 1 atom stereocenters. The van der Waals surface area contributed by atoms with Gasteiger partial charge in [0.15, 0.2) is 0 Å². The van der Waals surface area contributed by atoms with Crippen LogP contribution in [0.1, 0.15) is 39.6 Å². The molecule has 1 fully saturated rings. The molecule has 36 heavy (non-hydrogen) atoms. The molecule has 9 nitrogen and oxygen atoms in total. The number of imide groups is 1. The van der Waals surface area contributed by atoms with Crippen molar-refractivity contribution in [1.29, 1.82) is 0 Å². The number of amides is 3. The van der Waals surface area contributed by atoms with Gasteiger partial charge in [0, 0.05) is 24.5 Å². The summed E-state index contributed by atoms with van der Waals surface area (Å²) in [5, 5.41) is 0. The van der Waals surface area contributed by atoms with Crippen molar-refractivity contribution in [3.05, 3.63) is 89.7 Å². The normalized spacial score (nSPS) is 15.1. The number of methoxy groups -OCH3 is 1. The zero-order chi connectivity index (χ0) is 25.7. The second kappa shape index (κ2) is 10.8. The lowest BCUT2D eigenvalue weighted by molar-refractivity contribution is -0.122. The maximum Gasteiger partial charge on any atom is 0.338 e. The first kappa shape index (κ1) is 24.6.